The zero-order valence-corrected chi connectivity index (χ0v) is 14.6. The molecule has 0 saturated carbocycles. The van der Waals surface area contributed by atoms with E-state index in [1.54, 1.807) is 35.0 Å². The van der Waals surface area contributed by atoms with E-state index in [0.29, 0.717) is 28.3 Å². The van der Waals surface area contributed by atoms with Crippen LogP contribution in [0.25, 0.3) is 0 Å². The normalized spacial score (nSPS) is 11.9. The minimum absolute atomic E-state index is 0.0188. The minimum atomic E-state index is -0.598. The molecule has 2 N–H and O–H groups in total. The van der Waals surface area contributed by atoms with Crippen LogP contribution in [0.4, 0.5) is 15.8 Å². The van der Waals surface area contributed by atoms with E-state index in [-0.39, 0.29) is 12.5 Å². The molecule has 1 aliphatic heterocycles. The molecule has 0 bridgehead atoms. The molecular formula is C19H13FN2O4S. The maximum absolute atomic E-state index is 14.0. The zero-order chi connectivity index (χ0) is 18.8. The number of benzene rings is 2. The van der Waals surface area contributed by atoms with E-state index in [4.69, 9.17) is 9.47 Å². The van der Waals surface area contributed by atoms with Gasteiger partial charge < -0.3 is 20.1 Å². The van der Waals surface area contributed by atoms with Gasteiger partial charge in [-0.05, 0) is 47.8 Å². The Morgan fingerprint density at radius 3 is 2.56 bits per heavy atom. The molecule has 0 radical (unpaired) electrons. The van der Waals surface area contributed by atoms with Crippen molar-refractivity contribution in [3.63, 3.8) is 0 Å². The summed E-state index contributed by atoms with van der Waals surface area (Å²) in [6.45, 7) is 0.117. The lowest BCUT2D eigenvalue weighted by Gasteiger charge is -2.10. The number of amides is 2. The summed E-state index contributed by atoms with van der Waals surface area (Å²) in [5.74, 6) is -0.346. The number of hydrogen-bond acceptors (Lipinski definition) is 5. The number of thiophene rings is 1. The third-order valence-electron chi connectivity index (χ3n) is 3.89. The Balaban J connectivity index is 1.50. The van der Waals surface area contributed by atoms with Crippen molar-refractivity contribution < 1.29 is 23.5 Å². The third-order valence-corrected chi connectivity index (χ3v) is 4.57. The summed E-state index contributed by atoms with van der Waals surface area (Å²) in [6.07, 6.45) is 0. The fraction of sp³-hybridized carbons (Fsp3) is 0.0526. The van der Waals surface area contributed by atoms with Gasteiger partial charge in [0.25, 0.3) is 11.8 Å². The molecule has 2 aromatic carbocycles. The monoisotopic (exact) mass is 384 g/mol. The summed E-state index contributed by atoms with van der Waals surface area (Å²) in [5, 5.41) is 8.60. The van der Waals surface area contributed by atoms with Crippen LogP contribution in [0, 0.1) is 5.82 Å². The molecule has 27 heavy (non-hydrogen) atoms. The smallest absolute Gasteiger partial charge is 0.256 e. The van der Waals surface area contributed by atoms with Gasteiger partial charge in [-0.1, -0.05) is 0 Å². The van der Waals surface area contributed by atoms with Crippen molar-refractivity contribution in [2.45, 2.75) is 0 Å². The van der Waals surface area contributed by atoms with Gasteiger partial charge in [0, 0.05) is 16.6 Å². The van der Waals surface area contributed by atoms with Crippen molar-refractivity contribution >= 4 is 34.5 Å². The van der Waals surface area contributed by atoms with Gasteiger partial charge in [-0.25, -0.2) is 4.39 Å². The summed E-state index contributed by atoms with van der Waals surface area (Å²) in [5.41, 5.74) is 1.14. The Bertz CT molecular complexity index is 1020. The van der Waals surface area contributed by atoms with Crippen LogP contribution in [0.2, 0.25) is 0 Å². The summed E-state index contributed by atoms with van der Waals surface area (Å²) < 4.78 is 24.5. The lowest BCUT2D eigenvalue weighted by molar-refractivity contribution is 0.101. The average Bonchev–Trinajstić information content (AvgIpc) is 3.35. The molecule has 6 nitrogen and oxygen atoms in total. The summed E-state index contributed by atoms with van der Waals surface area (Å²) >= 11 is 1.37. The molecule has 0 atom stereocenters. The predicted molar refractivity (Wildman–Crippen MR) is 99.2 cm³/mol. The topological polar surface area (TPSA) is 76.7 Å². The maximum atomic E-state index is 14.0. The van der Waals surface area contributed by atoms with Crippen molar-refractivity contribution in [3.8, 4) is 11.5 Å². The Morgan fingerprint density at radius 2 is 1.74 bits per heavy atom. The van der Waals surface area contributed by atoms with Gasteiger partial charge in [-0.2, -0.15) is 11.3 Å². The number of rotatable bonds is 4. The number of anilines is 2. The van der Waals surface area contributed by atoms with Crippen LogP contribution in [0.1, 0.15) is 20.7 Å². The van der Waals surface area contributed by atoms with Gasteiger partial charge in [0.2, 0.25) is 6.79 Å². The number of halogens is 1. The van der Waals surface area contributed by atoms with Crippen LogP contribution < -0.4 is 20.1 Å². The Morgan fingerprint density at radius 1 is 0.926 bits per heavy atom. The standard InChI is InChI=1S/C19H13FN2O4S/c20-14-3-2-13(8-15(14)22-19(24)12-5-6-27-9-12)21-18(23)11-1-4-16-17(7-11)26-10-25-16/h1-9H,10H2,(H,21,23)(H,22,24). The van der Waals surface area contributed by atoms with Gasteiger partial charge in [0.05, 0.1) is 11.3 Å². The van der Waals surface area contributed by atoms with Crippen molar-refractivity contribution in [1.29, 1.82) is 0 Å². The molecule has 1 aliphatic rings. The first-order chi connectivity index (χ1) is 13.1. The first-order valence-electron chi connectivity index (χ1n) is 7.94. The molecule has 0 saturated heterocycles. The highest BCUT2D eigenvalue weighted by atomic mass is 32.1. The van der Waals surface area contributed by atoms with Crippen LogP contribution in [-0.4, -0.2) is 18.6 Å². The van der Waals surface area contributed by atoms with Crippen molar-refractivity contribution in [2.24, 2.45) is 0 Å². The molecule has 136 valence electrons. The fourth-order valence-electron chi connectivity index (χ4n) is 2.53. The minimum Gasteiger partial charge on any atom is -0.454 e. The molecule has 0 aliphatic carbocycles. The van der Waals surface area contributed by atoms with E-state index < -0.39 is 17.6 Å². The number of hydrogen-bond donors (Lipinski definition) is 2. The number of fused-ring (bicyclic) bond motifs is 1. The molecular weight excluding hydrogens is 371 g/mol. The summed E-state index contributed by atoms with van der Waals surface area (Å²) in [4.78, 5) is 24.5. The van der Waals surface area contributed by atoms with E-state index in [9.17, 15) is 14.0 Å². The predicted octanol–water partition coefficient (Wildman–Crippen LogP) is 4.12. The number of carbonyl (C=O) groups excluding carboxylic acids is 2. The van der Waals surface area contributed by atoms with Crippen molar-refractivity contribution in [1.82, 2.24) is 0 Å². The number of ether oxygens (including phenoxy) is 2. The van der Waals surface area contributed by atoms with Gasteiger partial charge in [0.15, 0.2) is 11.5 Å². The highest BCUT2D eigenvalue weighted by molar-refractivity contribution is 7.08. The lowest BCUT2D eigenvalue weighted by atomic mass is 10.1. The number of nitrogens with one attached hydrogen (secondary N) is 2. The van der Waals surface area contributed by atoms with Crippen molar-refractivity contribution in [3.05, 3.63) is 70.2 Å². The van der Waals surface area contributed by atoms with Gasteiger partial charge in [0.1, 0.15) is 5.82 Å². The average molecular weight is 384 g/mol. The Labute approximate surface area is 157 Å². The molecule has 0 fully saturated rings. The molecule has 3 aromatic rings. The lowest BCUT2D eigenvalue weighted by Crippen LogP contribution is -2.14. The molecule has 1 aromatic heterocycles. The van der Waals surface area contributed by atoms with E-state index in [1.165, 1.54) is 29.5 Å². The molecule has 0 unspecified atom stereocenters. The SMILES string of the molecule is O=C(Nc1ccc(F)c(NC(=O)c2ccsc2)c1)c1ccc2c(c1)OCO2. The first-order valence-corrected chi connectivity index (χ1v) is 8.88. The van der Waals surface area contributed by atoms with Crippen LogP contribution in [0.3, 0.4) is 0 Å². The van der Waals surface area contributed by atoms with E-state index >= 15 is 0 Å². The van der Waals surface area contributed by atoms with Crippen LogP contribution in [-0.2, 0) is 0 Å². The Hall–Kier alpha value is -3.39. The van der Waals surface area contributed by atoms with E-state index in [2.05, 4.69) is 10.6 Å². The quantitative estimate of drug-likeness (QED) is 0.709. The maximum Gasteiger partial charge on any atom is 0.256 e. The van der Waals surface area contributed by atoms with Gasteiger partial charge in [-0.3, -0.25) is 9.59 Å². The van der Waals surface area contributed by atoms with E-state index in [0.717, 1.165) is 0 Å². The zero-order valence-electron chi connectivity index (χ0n) is 13.8. The second kappa shape index (κ2) is 7.08. The molecule has 2 heterocycles. The second-order valence-corrected chi connectivity index (χ2v) is 6.46. The Kier molecular flexibility index (Phi) is 4.47. The molecule has 2 amide bonds. The third kappa shape index (κ3) is 3.61. The fourth-order valence-corrected chi connectivity index (χ4v) is 3.16. The summed E-state index contributed by atoms with van der Waals surface area (Å²) in [6, 6.07) is 10.4. The van der Waals surface area contributed by atoms with Gasteiger partial charge >= 0.3 is 0 Å². The molecule has 0 spiro atoms. The number of carbonyl (C=O) groups is 2. The van der Waals surface area contributed by atoms with Crippen LogP contribution in [0.15, 0.2) is 53.2 Å². The van der Waals surface area contributed by atoms with Crippen LogP contribution >= 0.6 is 11.3 Å². The van der Waals surface area contributed by atoms with Crippen molar-refractivity contribution in [2.75, 3.05) is 17.4 Å². The molecule has 4 rings (SSSR count). The second-order valence-electron chi connectivity index (χ2n) is 5.68. The van der Waals surface area contributed by atoms with Crippen LogP contribution in [0.5, 0.6) is 11.5 Å². The first kappa shape index (κ1) is 17.0. The highest BCUT2D eigenvalue weighted by Crippen LogP contribution is 2.32. The largest absolute Gasteiger partial charge is 0.454 e. The highest BCUT2D eigenvalue weighted by Gasteiger charge is 2.17. The van der Waals surface area contributed by atoms with Gasteiger partial charge in [-0.15, -0.1) is 0 Å². The summed E-state index contributed by atoms with van der Waals surface area (Å²) in [7, 11) is 0. The van der Waals surface area contributed by atoms with E-state index in [1.807, 2.05) is 0 Å². The molecule has 8 heteroatoms.